The highest BCUT2D eigenvalue weighted by molar-refractivity contribution is 5.20. The minimum atomic E-state index is 0.726. The standard InChI is InChI=1S/C9H13N3/c10-9(7-12-11)6-8-4-2-1-3-5-8/h1-5,7,12H,6,10-11H2/b9-7-. The third-order valence-corrected chi connectivity index (χ3v) is 1.52. The first-order valence-electron chi connectivity index (χ1n) is 3.77. The van der Waals surface area contributed by atoms with E-state index >= 15 is 0 Å². The number of hydrogen-bond acceptors (Lipinski definition) is 3. The van der Waals surface area contributed by atoms with Crippen LogP contribution < -0.4 is 17.0 Å². The molecule has 0 bridgehead atoms. The lowest BCUT2D eigenvalue weighted by Gasteiger charge is -2.00. The van der Waals surface area contributed by atoms with Gasteiger partial charge in [0.05, 0.1) is 0 Å². The van der Waals surface area contributed by atoms with Crippen molar-refractivity contribution in [2.45, 2.75) is 6.42 Å². The molecule has 0 aromatic heterocycles. The summed E-state index contributed by atoms with van der Waals surface area (Å²) >= 11 is 0. The summed E-state index contributed by atoms with van der Waals surface area (Å²) in [5.74, 6) is 5.08. The minimum absolute atomic E-state index is 0.726. The molecule has 0 aliphatic rings. The lowest BCUT2D eigenvalue weighted by molar-refractivity contribution is 0.928. The van der Waals surface area contributed by atoms with Crippen molar-refractivity contribution in [3.8, 4) is 0 Å². The van der Waals surface area contributed by atoms with Crippen molar-refractivity contribution in [1.29, 1.82) is 0 Å². The van der Waals surface area contributed by atoms with E-state index < -0.39 is 0 Å². The SMILES string of the molecule is NN/C=C(\N)Cc1ccccc1. The summed E-state index contributed by atoms with van der Waals surface area (Å²) in [4.78, 5) is 0. The van der Waals surface area contributed by atoms with Crippen LogP contribution in [0.25, 0.3) is 0 Å². The molecular weight excluding hydrogens is 150 g/mol. The van der Waals surface area contributed by atoms with Gasteiger partial charge in [-0.2, -0.15) is 0 Å². The normalized spacial score (nSPS) is 11.2. The van der Waals surface area contributed by atoms with Crippen LogP contribution in [0.3, 0.4) is 0 Å². The van der Waals surface area contributed by atoms with Gasteiger partial charge in [0.1, 0.15) is 0 Å². The number of hydrogen-bond donors (Lipinski definition) is 3. The van der Waals surface area contributed by atoms with Gasteiger partial charge in [0.25, 0.3) is 0 Å². The lowest BCUT2D eigenvalue weighted by atomic mass is 10.1. The predicted octanol–water partition coefficient (Wildman–Crippen LogP) is 0.492. The molecule has 0 amide bonds. The van der Waals surface area contributed by atoms with Gasteiger partial charge in [-0.15, -0.1) is 0 Å². The van der Waals surface area contributed by atoms with Gasteiger partial charge < -0.3 is 11.2 Å². The molecule has 64 valence electrons. The van der Waals surface area contributed by atoms with E-state index in [1.54, 1.807) is 6.20 Å². The van der Waals surface area contributed by atoms with Crippen molar-refractivity contribution >= 4 is 0 Å². The Bertz CT molecular complexity index is 254. The molecule has 0 spiro atoms. The average Bonchev–Trinajstić information content (AvgIpc) is 2.06. The number of rotatable bonds is 3. The second kappa shape index (κ2) is 4.41. The van der Waals surface area contributed by atoms with Gasteiger partial charge in [0, 0.05) is 18.3 Å². The third-order valence-electron chi connectivity index (χ3n) is 1.52. The first-order valence-corrected chi connectivity index (χ1v) is 3.77. The van der Waals surface area contributed by atoms with Gasteiger partial charge in [0.2, 0.25) is 0 Å². The third kappa shape index (κ3) is 2.64. The first-order chi connectivity index (χ1) is 5.83. The summed E-state index contributed by atoms with van der Waals surface area (Å²) in [6.45, 7) is 0. The number of allylic oxidation sites excluding steroid dienone is 1. The summed E-state index contributed by atoms with van der Waals surface area (Å²) in [5, 5.41) is 0. The van der Waals surface area contributed by atoms with E-state index in [4.69, 9.17) is 11.6 Å². The van der Waals surface area contributed by atoms with E-state index in [0.717, 1.165) is 12.1 Å². The van der Waals surface area contributed by atoms with Gasteiger partial charge in [0.15, 0.2) is 0 Å². The van der Waals surface area contributed by atoms with Crippen LogP contribution in [0, 0.1) is 0 Å². The molecule has 0 unspecified atom stereocenters. The summed E-state index contributed by atoms with van der Waals surface area (Å²) in [5.41, 5.74) is 9.94. The Kier molecular flexibility index (Phi) is 3.17. The maximum atomic E-state index is 5.63. The molecule has 1 rings (SSSR count). The molecule has 0 saturated carbocycles. The molecule has 0 saturated heterocycles. The number of hydrazine groups is 1. The van der Waals surface area contributed by atoms with Crippen LogP contribution in [0.15, 0.2) is 42.2 Å². The highest BCUT2D eigenvalue weighted by Gasteiger charge is 1.92. The smallest absolute Gasteiger partial charge is 0.0314 e. The Balaban J connectivity index is 2.58. The second-order valence-corrected chi connectivity index (χ2v) is 2.55. The van der Waals surface area contributed by atoms with Crippen LogP contribution >= 0.6 is 0 Å². The zero-order chi connectivity index (χ0) is 8.81. The Morgan fingerprint density at radius 3 is 2.58 bits per heavy atom. The topological polar surface area (TPSA) is 64.1 Å². The van der Waals surface area contributed by atoms with Crippen molar-refractivity contribution in [2.75, 3.05) is 0 Å². The minimum Gasteiger partial charge on any atom is -0.401 e. The van der Waals surface area contributed by atoms with Crippen molar-refractivity contribution in [2.24, 2.45) is 11.6 Å². The molecule has 3 nitrogen and oxygen atoms in total. The molecule has 3 heteroatoms. The maximum absolute atomic E-state index is 5.63. The predicted molar refractivity (Wildman–Crippen MR) is 49.7 cm³/mol. The number of nitrogens with one attached hydrogen (secondary N) is 1. The average molecular weight is 163 g/mol. The first kappa shape index (κ1) is 8.62. The van der Waals surface area contributed by atoms with E-state index in [1.807, 2.05) is 30.3 Å². The van der Waals surface area contributed by atoms with Gasteiger partial charge >= 0.3 is 0 Å². The fraction of sp³-hybridized carbons (Fsp3) is 0.111. The highest BCUT2D eigenvalue weighted by Crippen LogP contribution is 2.02. The van der Waals surface area contributed by atoms with Crippen molar-refractivity contribution < 1.29 is 0 Å². The fourth-order valence-electron chi connectivity index (χ4n) is 0.990. The monoisotopic (exact) mass is 163 g/mol. The van der Waals surface area contributed by atoms with E-state index in [2.05, 4.69) is 5.43 Å². The molecule has 1 aromatic carbocycles. The Hall–Kier alpha value is -1.48. The Morgan fingerprint density at radius 1 is 1.33 bits per heavy atom. The molecule has 0 atom stereocenters. The molecule has 0 radical (unpaired) electrons. The second-order valence-electron chi connectivity index (χ2n) is 2.55. The molecule has 5 N–H and O–H groups in total. The van der Waals surface area contributed by atoms with Crippen molar-refractivity contribution in [3.05, 3.63) is 47.8 Å². The van der Waals surface area contributed by atoms with E-state index in [0.29, 0.717) is 0 Å². The molecule has 12 heavy (non-hydrogen) atoms. The largest absolute Gasteiger partial charge is 0.401 e. The molecule has 1 aromatic rings. The van der Waals surface area contributed by atoms with Crippen LogP contribution in [-0.2, 0) is 6.42 Å². The van der Waals surface area contributed by atoms with Crippen LogP contribution in [0.2, 0.25) is 0 Å². The van der Waals surface area contributed by atoms with Crippen LogP contribution in [0.1, 0.15) is 5.56 Å². The fourth-order valence-corrected chi connectivity index (χ4v) is 0.990. The zero-order valence-corrected chi connectivity index (χ0v) is 6.83. The molecule has 0 heterocycles. The summed E-state index contributed by atoms with van der Waals surface area (Å²) in [6.07, 6.45) is 2.32. The van der Waals surface area contributed by atoms with Crippen LogP contribution in [0.5, 0.6) is 0 Å². The maximum Gasteiger partial charge on any atom is 0.0314 e. The number of nitrogens with two attached hydrogens (primary N) is 2. The molecule has 0 aliphatic heterocycles. The van der Waals surface area contributed by atoms with E-state index in [1.165, 1.54) is 5.56 Å². The van der Waals surface area contributed by atoms with E-state index in [-0.39, 0.29) is 0 Å². The highest BCUT2D eigenvalue weighted by atomic mass is 15.2. The van der Waals surface area contributed by atoms with Crippen molar-refractivity contribution in [1.82, 2.24) is 5.43 Å². The Morgan fingerprint density at radius 2 is 2.00 bits per heavy atom. The van der Waals surface area contributed by atoms with Crippen molar-refractivity contribution in [3.63, 3.8) is 0 Å². The van der Waals surface area contributed by atoms with Gasteiger partial charge in [-0.1, -0.05) is 30.3 Å². The van der Waals surface area contributed by atoms with Gasteiger partial charge in [-0.05, 0) is 5.56 Å². The Labute approximate surface area is 72.0 Å². The van der Waals surface area contributed by atoms with Gasteiger partial charge in [-0.25, -0.2) is 0 Å². The number of benzene rings is 1. The quantitative estimate of drug-likeness (QED) is 0.449. The van der Waals surface area contributed by atoms with Gasteiger partial charge in [-0.3, -0.25) is 5.84 Å². The zero-order valence-electron chi connectivity index (χ0n) is 6.83. The van der Waals surface area contributed by atoms with E-state index in [9.17, 15) is 0 Å². The molecular formula is C9H13N3. The lowest BCUT2D eigenvalue weighted by Crippen LogP contribution is -2.17. The summed E-state index contributed by atoms with van der Waals surface area (Å²) in [7, 11) is 0. The van der Waals surface area contributed by atoms with Crippen LogP contribution in [0.4, 0.5) is 0 Å². The molecule has 0 aliphatic carbocycles. The summed E-state index contributed by atoms with van der Waals surface area (Å²) < 4.78 is 0. The van der Waals surface area contributed by atoms with Crippen LogP contribution in [-0.4, -0.2) is 0 Å². The molecule has 0 fully saturated rings. The summed E-state index contributed by atoms with van der Waals surface area (Å²) in [6, 6.07) is 10.00.